The van der Waals surface area contributed by atoms with Gasteiger partial charge in [0, 0.05) is 5.92 Å². The molecule has 0 amide bonds. The molecular weight excluding hydrogens is 191 g/mol. The lowest BCUT2D eigenvalue weighted by molar-refractivity contribution is 0.968. The minimum Gasteiger partial charge on any atom is -0.0712 e. The van der Waals surface area contributed by atoms with Gasteiger partial charge in [0.2, 0.25) is 0 Å². The molecule has 0 aliphatic rings. The molecular formula is C10H10Cl2. The molecule has 64 valence electrons. The summed E-state index contributed by atoms with van der Waals surface area (Å²) in [6, 6.07) is 10.1. The third-order valence-electron chi connectivity index (χ3n) is 1.70. The van der Waals surface area contributed by atoms with Gasteiger partial charge in [0.05, 0.1) is 0 Å². The van der Waals surface area contributed by atoms with Gasteiger partial charge in [-0.25, -0.2) is 0 Å². The Bertz CT molecular complexity index is 260. The molecule has 0 radical (unpaired) electrons. The largest absolute Gasteiger partial charge is 0.103 e. The fourth-order valence-electron chi connectivity index (χ4n) is 1.04. The van der Waals surface area contributed by atoms with Crippen molar-refractivity contribution in [1.29, 1.82) is 0 Å². The Balaban J connectivity index is 2.79. The summed E-state index contributed by atoms with van der Waals surface area (Å²) in [6.45, 7) is 2.06. The van der Waals surface area contributed by atoms with E-state index in [0.717, 1.165) is 0 Å². The first-order valence-corrected chi connectivity index (χ1v) is 4.53. The van der Waals surface area contributed by atoms with Gasteiger partial charge in [0.25, 0.3) is 0 Å². The maximum Gasteiger partial charge on any atom is 0.103 e. The summed E-state index contributed by atoms with van der Waals surface area (Å²) in [5, 5.41) is 0. The predicted molar refractivity (Wildman–Crippen MR) is 54.6 cm³/mol. The minimum atomic E-state index is 0.274. The zero-order valence-corrected chi connectivity index (χ0v) is 8.31. The quantitative estimate of drug-likeness (QED) is 0.675. The molecule has 1 aromatic carbocycles. The van der Waals surface area contributed by atoms with Gasteiger partial charge in [0.1, 0.15) is 4.49 Å². The normalized spacial score (nSPS) is 12.2. The van der Waals surface area contributed by atoms with E-state index in [2.05, 4.69) is 19.1 Å². The van der Waals surface area contributed by atoms with Crippen LogP contribution in [0.25, 0.3) is 0 Å². The van der Waals surface area contributed by atoms with E-state index in [0.29, 0.717) is 4.49 Å². The van der Waals surface area contributed by atoms with Crippen molar-refractivity contribution in [3.05, 3.63) is 46.5 Å². The van der Waals surface area contributed by atoms with Gasteiger partial charge in [-0.15, -0.1) is 0 Å². The van der Waals surface area contributed by atoms with E-state index in [1.807, 2.05) is 24.3 Å². The van der Waals surface area contributed by atoms with Crippen molar-refractivity contribution in [2.45, 2.75) is 12.8 Å². The average Bonchev–Trinajstić information content (AvgIpc) is 2.05. The summed E-state index contributed by atoms with van der Waals surface area (Å²) in [5.74, 6) is 0.274. The summed E-state index contributed by atoms with van der Waals surface area (Å²) in [4.78, 5) is 0. The highest BCUT2D eigenvalue weighted by Crippen LogP contribution is 2.20. The molecule has 12 heavy (non-hydrogen) atoms. The first-order valence-electron chi connectivity index (χ1n) is 3.78. The van der Waals surface area contributed by atoms with Gasteiger partial charge in [-0.05, 0) is 11.6 Å². The average molecular weight is 201 g/mol. The molecule has 0 nitrogen and oxygen atoms in total. The lowest BCUT2D eigenvalue weighted by Crippen LogP contribution is -1.87. The fourth-order valence-corrected chi connectivity index (χ4v) is 1.42. The zero-order valence-electron chi connectivity index (χ0n) is 6.80. The van der Waals surface area contributed by atoms with Crippen LogP contribution in [0.3, 0.4) is 0 Å². The topological polar surface area (TPSA) is 0 Å². The molecule has 0 spiro atoms. The van der Waals surface area contributed by atoms with Gasteiger partial charge in [-0.1, -0.05) is 60.5 Å². The molecule has 1 unspecified atom stereocenters. The Morgan fingerprint density at radius 2 is 1.83 bits per heavy atom. The van der Waals surface area contributed by atoms with Crippen molar-refractivity contribution >= 4 is 23.2 Å². The molecule has 0 bridgehead atoms. The Morgan fingerprint density at radius 3 is 2.33 bits per heavy atom. The van der Waals surface area contributed by atoms with Crippen LogP contribution in [0.15, 0.2) is 40.9 Å². The lowest BCUT2D eigenvalue weighted by atomic mass is 10.0. The summed E-state index contributed by atoms with van der Waals surface area (Å²) in [7, 11) is 0. The molecule has 0 N–H and O–H groups in total. The van der Waals surface area contributed by atoms with E-state index < -0.39 is 0 Å². The smallest absolute Gasteiger partial charge is 0.0712 e. The second kappa shape index (κ2) is 4.54. The van der Waals surface area contributed by atoms with E-state index >= 15 is 0 Å². The van der Waals surface area contributed by atoms with E-state index in [4.69, 9.17) is 23.2 Å². The van der Waals surface area contributed by atoms with Crippen molar-refractivity contribution in [2.75, 3.05) is 0 Å². The molecule has 0 saturated carbocycles. The van der Waals surface area contributed by atoms with E-state index in [1.54, 1.807) is 0 Å². The van der Waals surface area contributed by atoms with Gasteiger partial charge in [-0.2, -0.15) is 0 Å². The number of hydrogen-bond acceptors (Lipinski definition) is 0. The maximum atomic E-state index is 5.55. The molecule has 0 fully saturated rings. The van der Waals surface area contributed by atoms with Gasteiger partial charge in [0.15, 0.2) is 0 Å². The summed E-state index contributed by atoms with van der Waals surface area (Å²) in [5.41, 5.74) is 1.22. The maximum absolute atomic E-state index is 5.55. The molecule has 0 aliphatic heterocycles. The van der Waals surface area contributed by atoms with E-state index in [1.165, 1.54) is 5.56 Å². The summed E-state index contributed by atoms with van der Waals surface area (Å²) < 4.78 is 0.325. The van der Waals surface area contributed by atoms with Crippen LogP contribution < -0.4 is 0 Å². The molecule has 0 heterocycles. The van der Waals surface area contributed by atoms with Crippen LogP contribution in [0.2, 0.25) is 0 Å². The first-order chi connectivity index (χ1) is 5.70. The SMILES string of the molecule is CC(C=C(Cl)Cl)c1ccccc1. The molecule has 1 atom stereocenters. The van der Waals surface area contributed by atoms with Crippen molar-refractivity contribution < 1.29 is 0 Å². The Labute approximate surface area is 82.8 Å². The second-order valence-corrected chi connectivity index (χ2v) is 3.66. The van der Waals surface area contributed by atoms with Gasteiger partial charge < -0.3 is 0 Å². The van der Waals surface area contributed by atoms with Crippen molar-refractivity contribution in [3.8, 4) is 0 Å². The number of hydrogen-bond donors (Lipinski definition) is 0. The second-order valence-electron chi connectivity index (χ2n) is 2.66. The monoisotopic (exact) mass is 200 g/mol. The van der Waals surface area contributed by atoms with Crippen LogP contribution in [0.5, 0.6) is 0 Å². The fraction of sp³-hybridized carbons (Fsp3) is 0.200. The number of rotatable bonds is 2. The molecule has 2 heteroatoms. The van der Waals surface area contributed by atoms with Gasteiger partial charge in [-0.3, -0.25) is 0 Å². The number of halogens is 2. The van der Waals surface area contributed by atoms with Crippen LogP contribution in [0.1, 0.15) is 18.4 Å². The molecule has 0 aliphatic carbocycles. The van der Waals surface area contributed by atoms with Crippen molar-refractivity contribution in [3.63, 3.8) is 0 Å². The van der Waals surface area contributed by atoms with Gasteiger partial charge >= 0.3 is 0 Å². The van der Waals surface area contributed by atoms with Crippen molar-refractivity contribution in [2.24, 2.45) is 0 Å². The Morgan fingerprint density at radius 1 is 1.25 bits per heavy atom. The minimum absolute atomic E-state index is 0.274. The Hall–Kier alpha value is -0.460. The third-order valence-corrected chi connectivity index (χ3v) is 1.95. The van der Waals surface area contributed by atoms with Crippen molar-refractivity contribution in [1.82, 2.24) is 0 Å². The van der Waals surface area contributed by atoms with Crippen LogP contribution >= 0.6 is 23.2 Å². The van der Waals surface area contributed by atoms with Crippen LogP contribution in [0.4, 0.5) is 0 Å². The predicted octanol–water partition coefficient (Wildman–Crippen LogP) is 4.11. The standard InChI is InChI=1S/C10H10Cl2/c1-8(7-10(11)12)9-5-3-2-4-6-9/h2-8H,1H3. The highest BCUT2D eigenvalue weighted by atomic mass is 35.5. The Kier molecular flexibility index (Phi) is 3.64. The van der Waals surface area contributed by atoms with Crippen LogP contribution in [-0.2, 0) is 0 Å². The molecule has 1 rings (SSSR count). The zero-order chi connectivity index (χ0) is 8.97. The highest BCUT2D eigenvalue weighted by Gasteiger charge is 2.00. The van der Waals surface area contributed by atoms with E-state index in [-0.39, 0.29) is 5.92 Å². The molecule has 0 saturated heterocycles. The summed E-state index contributed by atoms with van der Waals surface area (Å²) in [6.07, 6.45) is 1.82. The highest BCUT2D eigenvalue weighted by molar-refractivity contribution is 6.55. The molecule has 0 aromatic heterocycles. The van der Waals surface area contributed by atoms with Crippen LogP contribution in [0, 0.1) is 0 Å². The summed E-state index contributed by atoms with van der Waals surface area (Å²) >= 11 is 11.1. The first kappa shape index (κ1) is 9.63. The third kappa shape index (κ3) is 2.88. The molecule has 1 aromatic rings. The number of benzene rings is 1. The van der Waals surface area contributed by atoms with E-state index in [9.17, 15) is 0 Å². The number of allylic oxidation sites excluding steroid dienone is 1. The van der Waals surface area contributed by atoms with Crippen LogP contribution in [-0.4, -0.2) is 0 Å². The lowest BCUT2D eigenvalue weighted by Gasteiger charge is -2.05.